The van der Waals surface area contributed by atoms with E-state index in [0.29, 0.717) is 5.75 Å². The van der Waals surface area contributed by atoms with Crippen molar-refractivity contribution in [2.45, 2.75) is 23.6 Å². The number of aromatic hydroxyl groups is 1. The largest absolute Gasteiger partial charge is 0.506 e. The third-order valence-corrected chi connectivity index (χ3v) is 6.85. The molecular formula is C22H20N2O7S. The van der Waals surface area contributed by atoms with E-state index in [0.717, 1.165) is 0 Å². The van der Waals surface area contributed by atoms with Crippen molar-refractivity contribution >= 4 is 27.1 Å². The number of nitrogens with one attached hydrogen (secondary N) is 1. The number of benzene rings is 3. The molecule has 9 nitrogen and oxygen atoms in total. The number of nitro groups is 1. The number of methoxy groups -OCH3 is 1. The summed E-state index contributed by atoms with van der Waals surface area (Å²) in [6.07, 6.45) is 0. The van der Waals surface area contributed by atoms with Crippen LogP contribution in [0.3, 0.4) is 0 Å². The Bertz CT molecular complexity index is 1300. The first-order chi connectivity index (χ1) is 15.1. The zero-order valence-corrected chi connectivity index (χ0v) is 18.3. The lowest BCUT2D eigenvalue weighted by molar-refractivity contribution is -0.384. The number of nitro benzene ring substituents is 1. The van der Waals surface area contributed by atoms with Crippen molar-refractivity contribution < 1.29 is 28.0 Å². The predicted octanol–water partition coefficient (Wildman–Crippen LogP) is 4.01. The van der Waals surface area contributed by atoms with E-state index in [1.54, 1.807) is 0 Å². The molecule has 3 rings (SSSR count). The van der Waals surface area contributed by atoms with Gasteiger partial charge in [0, 0.05) is 23.4 Å². The van der Waals surface area contributed by atoms with Gasteiger partial charge in [-0.15, -0.1) is 0 Å². The first-order valence-corrected chi connectivity index (χ1v) is 10.8. The molecule has 0 saturated heterocycles. The summed E-state index contributed by atoms with van der Waals surface area (Å²) in [6.45, 7) is 2.99. The topological polar surface area (TPSA) is 136 Å². The molecule has 2 N–H and O–H groups in total. The number of anilines is 1. The van der Waals surface area contributed by atoms with Crippen molar-refractivity contribution in [3.63, 3.8) is 0 Å². The number of phenolic OH excluding ortho intramolecular Hbond substituents is 1. The van der Waals surface area contributed by atoms with Gasteiger partial charge in [-0.2, -0.15) is 0 Å². The molecule has 0 bridgehead atoms. The minimum absolute atomic E-state index is 0.0463. The van der Waals surface area contributed by atoms with Gasteiger partial charge in [0.2, 0.25) is 9.84 Å². The van der Waals surface area contributed by atoms with Gasteiger partial charge in [-0.1, -0.05) is 0 Å². The molecule has 1 amide bonds. The van der Waals surface area contributed by atoms with Gasteiger partial charge in [0.1, 0.15) is 16.4 Å². The Hall–Kier alpha value is -3.92. The van der Waals surface area contributed by atoms with E-state index in [2.05, 4.69) is 5.32 Å². The molecule has 0 radical (unpaired) electrons. The molecule has 0 atom stereocenters. The van der Waals surface area contributed by atoms with Gasteiger partial charge in [-0.3, -0.25) is 14.9 Å². The summed E-state index contributed by atoms with van der Waals surface area (Å²) in [4.78, 5) is 22.5. The van der Waals surface area contributed by atoms with Crippen molar-refractivity contribution in [2.24, 2.45) is 0 Å². The standard InChI is InChI=1S/C22H20N2O7S/c1-13-12-19(23-22(26)15-4-6-16(7-5-15)24(27)28)14(2)21(20(13)25)32(29,30)18-10-8-17(31-3)9-11-18/h4-12,25H,1-3H3,(H,23,26). The summed E-state index contributed by atoms with van der Waals surface area (Å²) in [7, 11) is -2.66. The van der Waals surface area contributed by atoms with Crippen molar-refractivity contribution in [2.75, 3.05) is 12.4 Å². The number of hydrogen-bond donors (Lipinski definition) is 2. The lowest BCUT2D eigenvalue weighted by Gasteiger charge is -2.17. The first-order valence-electron chi connectivity index (χ1n) is 9.34. The van der Waals surface area contributed by atoms with Gasteiger partial charge in [-0.25, -0.2) is 8.42 Å². The van der Waals surface area contributed by atoms with E-state index >= 15 is 0 Å². The van der Waals surface area contributed by atoms with Crippen LogP contribution in [-0.4, -0.2) is 31.5 Å². The number of nitrogens with zero attached hydrogens (tertiary/aromatic N) is 1. The second-order valence-electron chi connectivity index (χ2n) is 6.98. The monoisotopic (exact) mass is 456 g/mol. The van der Waals surface area contributed by atoms with Gasteiger partial charge in [0.25, 0.3) is 11.6 Å². The van der Waals surface area contributed by atoms with Crippen LogP contribution in [0.25, 0.3) is 0 Å². The fourth-order valence-electron chi connectivity index (χ4n) is 3.13. The highest BCUT2D eigenvalue weighted by Gasteiger charge is 2.27. The van der Waals surface area contributed by atoms with Gasteiger partial charge in [0.15, 0.2) is 0 Å². The molecular weight excluding hydrogens is 436 g/mol. The average molecular weight is 456 g/mol. The quantitative estimate of drug-likeness (QED) is 0.325. The molecule has 10 heteroatoms. The van der Waals surface area contributed by atoms with Crippen molar-refractivity contribution in [3.8, 4) is 11.5 Å². The van der Waals surface area contributed by atoms with E-state index in [9.17, 15) is 28.4 Å². The summed E-state index contributed by atoms with van der Waals surface area (Å²) >= 11 is 0. The number of non-ortho nitro benzene ring substituents is 1. The minimum Gasteiger partial charge on any atom is -0.506 e. The molecule has 3 aromatic rings. The zero-order chi connectivity index (χ0) is 23.6. The second kappa shape index (κ2) is 8.67. The van der Waals surface area contributed by atoms with Crippen LogP contribution < -0.4 is 10.1 Å². The highest BCUT2D eigenvalue weighted by Crippen LogP contribution is 2.38. The number of aryl methyl sites for hydroxylation is 1. The van der Waals surface area contributed by atoms with Crippen LogP contribution in [0.2, 0.25) is 0 Å². The number of sulfone groups is 1. The third kappa shape index (κ3) is 4.26. The normalized spacial score (nSPS) is 11.1. The molecule has 166 valence electrons. The summed E-state index contributed by atoms with van der Waals surface area (Å²) in [5.41, 5.74) is 0.586. The Labute approximate surface area is 184 Å². The lowest BCUT2D eigenvalue weighted by atomic mass is 10.1. The Kier molecular flexibility index (Phi) is 6.17. The highest BCUT2D eigenvalue weighted by atomic mass is 32.2. The highest BCUT2D eigenvalue weighted by molar-refractivity contribution is 7.91. The SMILES string of the molecule is COc1ccc(S(=O)(=O)c2c(C)c(NC(=O)c3ccc([N+](=O)[O-])cc3)cc(C)c2O)cc1. The molecule has 0 unspecified atom stereocenters. The number of rotatable bonds is 6. The number of hydrogen-bond acceptors (Lipinski definition) is 7. The van der Waals surface area contributed by atoms with Crippen LogP contribution in [0.4, 0.5) is 11.4 Å². The van der Waals surface area contributed by atoms with E-state index in [-0.39, 0.29) is 37.9 Å². The number of carbonyl (C=O) groups is 1. The Morgan fingerprint density at radius 3 is 2.19 bits per heavy atom. The smallest absolute Gasteiger partial charge is 0.269 e. The first kappa shape index (κ1) is 22.8. The maximum Gasteiger partial charge on any atom is 0.269 e. The number of amides is 1. The van der Waals surface area contributed by atoms with E-state index in [1.165, 1.54) is 75.6 Å². The van der Waals surface area contributed by atoms with E-state index < -0.39 is 26.4 Å². The number of ether oxygens (including phenoxy) is 1. The average Bonchev–Trinajstić information content (AvgIpc) is 2.77. The number of carbonyl (C=O) groups excluding carboxylic acids is 1. The maximum atomic E-state index is 13.3. The Balaban J connectivity index is 2.02. The Morgan fingerprint density at radius 1 is 1.06 bits per heavy atom. The Morgan fingerprint density at radius 2 is 1.66 bits per heavy atom. The van der Waals surface area contributed by atoms with Crippen LogP contribution in [-0.2, 0) is 9.84 Å². The zero-order valence-electron chi connectivity index (χ0n) is 17.4. The van der Waals surface area contributed by atoms with Gasteiger partial charge in [0.05, 0.1) is 16.9 Å². The van der Waals surface area contributed by atoms with Gasteiger partial charge >= 0.3 is 0 Å². The fourth-order valence-corrected chi connectivity index (χ4v) is 4.79. The second-order valence-corrected chi connectivity index (χ2v) is 8.87. The lowest BCUT2D eigenvalue weighted by Crippen LogP contribution is -2.15. The number of phenols is 1. The summed E-state index contributed by atoms with van der Waals surface area (Å²) in [5.74, 6) is -0.516. The van der Waals surface area contributed by atoms with Gasteiger partial charge < -0.3 is 15.2 Å². The van der Waals surface area contributed by atoms with Gasteiger partial charge in [-0.05, 0) is 67.4 Å². The third-order valence-electron chi connectivity index (χ3n) is 4.92. The molecule has 0 heterocycles. The maximum absolute atomic E-state index is 13.3. The summed E-state index contributed by atoms with van der Waals surface area (Å²) in [6, 6.07) is 12.2. The fraction of sp³-hybridized carbons (Fsp3) is 0.136. The van der Waals surface area contributed by atoms with Crippen LogP contribution in [0, 0.1) is 24.0 Å². The molecule has 32 heavy (non-hydrogen) atoms. The van der Waals surface area contributed by atoms with Crippen LogP contribution in [0.5, 0.6) is 11.5 Å². The predicted molar refractivity (Wildman–Crippen MR) is 117 cm³/mol. The molecule has 0 aliphatic carbocycles. The molecule has 0 saturated carbocycles. The van der Waals surface area contributed by atoms with E-state index in [1.807, 2.05) is 0 Å². The molecule has 0 aromatic heterocycles. The summed E-state index contributed by atoms with van der Waals surface area (Å²) in [5, 5.41) is 24.0. The summed E-state index contributed by atoms with van der Waals surface area (Å²) < 4.78 is 31.6. The molecule has 0 spiro atoms. The van der Waals surface area contributed by atoms with Crippen LogP contribution in [0.15, 0.2) is 64.4 Å². The van der Waals surface area contributed by atoms with Crippen LogP contribution in [0.1, 0.15) is 21.5 Å². The van der Waals surface area contributed by atoms with Crippen molar-refractivity contribution in [1.29, 1.82) is 0 Å². The van der Waals surface area contributed by atoms with Crippen molar-refractivity contribution in [1.82, 2.24) is 0 Å². The molecule has 0 aliphatic heterocycles. The molecule has 0 aliphatic rings. The van der Waals surface area contributed by atoms with Crippen molar-refractivity contribution in [3.05, 3.63) is 81.4 Å². The van der Waals surface area contributed by atoms with Crippen LogP contribution >= 0.6 is 0 Å². The molecule has 3 aromatic carbocycles. The molecule has 0 fully saturated rings. The van der Waals surface area contributed by atoms with E-state index in [4.69, 9.17) is 4.74 Å². The minimum atomic E-state index is -4.12.